The number of nitrogen functional groups attached to an aromatic ring is 1. The second-order valence-corrected chi connectivity index (χ2v) is 4.88. The highest BCUT2D eigenvalue weighted by Crippen LogP contribution is 2.17. The second-order valence-electron chi connectivity index (χ2n) is 4.88. The largest absolute Gasteiger partial charge is 0.384 e. The van der Waals surface area contributed by atoms with Gasteiger partial charge in [0.05, 0.1) is 11.4 Å². The van der Waals surface area contributed by atoms with Crippen LogP contribution >= 0.6 is 0 Å². The molecule has 0 unspecified atom stereocenters. The summed E-state index contributed by atoms with van der Waals surface area (Å²) in [5.41, 5.74) is 9.97. The van der Waals surface area contributed by atoms with Gasteiger partial charge in [-0.2, -0.15) is 5.10 Å². The number of rotatable bonds is 6. The van der Waals surface area contributed by atoms with Crippen molar-refractivity contribution in [2.75, 3.05) is 5.73 Å². The van der Waals surface area contributed by atoms with Crippen LogP contribution in [0.1, 0.15) is 24.6 Å². The molecule has 0 aliphatic carbocycles. The van der Waals surface area contributed by atoms with Crippen LogP contribution in [0.15, 0.2) is 55.4 Å². The minimum Gasteiger partial charge on any atom is -0.384 e. The van der Waals surface area contributed by atoms with Gasteiger partial charge in [-0.1, -0.05) is 30.9 Å². The molecule has 0 saturated heterocycles. The van der Waals surface area contributed by atoms with Gasteiger partial charge in [-0.25, -0.2) is 9.67 Å². The summed E-state index contributed by atoms with van der Waals surface area (Å²) in [5, 5.41) is 4.54. The second kappa shape index (κ2) is 6.70. The zero-order valence-electron chi connectivity index (χ0n) is 12.3. The number of anilines is 1. The molecule has 4 nitrogen and oxygen atoms in total. The van der Waals surface area contributed by atoms with Crippen LogP contribution in [0, 0.1) is 0 Å². The number of aromatic nitrogens is 3. The first-order valence-corrected chi connectivity index (χ1v) is 6.85. The Kier molecular flexibility index (Phi) is 4.72. The Morgan fingerprint density at radius 1 is 1.43 bits per heavy atom. The average molecular weight is 280 g/mol. The van der Waals surface area contributed by atoms with E-state index in [9.17, 15) is 0 Å². The van der Waals surface area contributed by atoms with E-state index in [1.807, 2.05) is 29.1 Å². The fourth-order valence-corrected chi connectivity index (χ4v) is 2.12. The molecule has 2 aromatic rings. The van der Waals surface area contributed by atoms with E-state index in [2.05, 4.69) is 30.2 Å². The van der Waals surface area contributed by atoms with E-state index in [0.717, 1.165) is 29.8 Å². The Labute approximate surface area is 125 Å². The lowest BCUT2D eigenvalue weighted by atomic mass is 10.1. The highest BCUT2D eigenvalue weighted by molar-refractivity contribution is 5.49. The van der Waals surface area contributed by atoms with Gasteiger partial charge in [-0.3, -0.25) is 0 Å². The Hall–Kier alpha value is -2.62. The highest BCUT2D eigenvalue weighted by atomic mass is 15.3. The Bertz CT molecular complexity index is 680. The molecule has 0 saturated carbocycles. The van der Waals surface area contributed by atoms with Crippen molar-refractivity contribution in [1.29, 1.82) is 0 Å². The van der Waals surface area contributed by atoms with Crippen molar-refractivity contribution in [1.82, 2.24) is 14.8 Å². The number of allylic oxidation sites excluding steroid dienone is 3. The van der Waals surface area contributed by atoms with Crippen molar-refractivity contribution in [2.45, 2.75) is 19.8 Å². The third-order valence-electron chi connectivity index (χ3n) is 3.24. The van der Waals surface area contributed by atoms with Crippen LogP contribution in [-0.4, -0.2) is 14.8 Å². The molecule has 0 aromatic carbocycles. The van der Waals surface area contributed by atoms with Gasteiger partial charge in [0.1, 0.15) is 5.82 Å². The topological polar surface area (TPSA) is 56.7 Å². The van der Waals surface area contributed by atoms with E-state index in [0.29, 0.717) is 5.82 Å². The first kappa shape index (κ1) is 14.8. The zero-order valence-corrected chi connectivity index (χ0v) is 12.3. The molecule has 21 heavy (non-hydrogen) atoms. The lowest BCUT2D eigenvalue weighted by molar-refractivity contribution is 0.872. The molecule has 4 heteroatoms. The van der Waals surface area contributed by atoms with E-state index < -0.39 is 0 Å². The summed E-state index contributed by atoms with van der Waals surface area (Å²) < 4.78 is 1.82. The Morgan fingerprint density at radius 3 is 2.90 bits per heavy atom. The third kappa shape index (κ3) is 3.69. The molecule has 2 N–H and O–H groups in total. The molecule has 0 fully saturated rings. The van der Waals surface area contributed by atoms with Crippen LogP contribution in [0.4, 0.5) is 5.82 Å². The molecule has 0 atom stereocenters. The van der Waals surface area contributed by atoms with Crippen molar-refractivity contribution < 1.29 is 0 Å². The maximum atomic E-state index is 5.72. The van der Waals surface area contributed by atoms with Crippen LogP contribution in [0.3, 0.4) is 0 Å². The number of nitrogens with zero attached hydrogens (tertiary/aromatic N) is 3. The SMILES string of the molecule is C=C/C=C(\C)CCc1cn(-c2ccnc(N)c2)nc1C=C. The normalized spacial score (nSPS) is 11.4. The van der Waals surface area contributed by atoms with Gasteiger partial charge in [0.2, 0.25) is 0 Å². The third-order valence-corrected chi connectivity index (χ3v) is 3.24. The zero-order chi connectivity index (χ0) is 15.2. The van der Waals surface area contributed by atoms with Crippen molar-refractivity contribution in [3.05, 3.63) is 66.7 Å². The lowest BCUT2D eigenvalue weighted by Crippen LogP contribution is -1.97. The number of nitrogens with two attached hydrogens (primary N) is 1. The molecule has 0 amide bonds. The number of pyridine rings is 1. The first-order valence-electron chi connectivity index (χ1n) is 6.85. The standard InChI is InChI=1S/C17H20N4/c1-4-6-13(3)7-8-14-12-21(20-16(14)5-2)15-9-10-19-17(18)11-15/h4-6,9-12H,1-2,7-8H2,3H3,(H2,18,19)/b13-6+. The monoisotopic (exact) mass is 280 g/mol. The van der Waals surface area contributed by atoms with E-state index in [4.69, 9.17) is 5.73 Å². The molecule has 2 heterocycles. The molecule has 2 aromatic heterocycles. The van der Waals surface area contributed by atoms with Crippen LogP contribution in [0.5, 0.6) is 0 Å². The number of hydrogen-bond donors (Lipinski definition) is 1. The van der Waals surface area contributed by atoms with Crippen molar-refractivity contribution in [3.63, 3.8) is 0 Å². The van der Waals surface area contributed by atoms with Crippen LogP contribution in [0.25, 0.3) is 11.8 Å². The first-order chi connectivity index (χ1) is 10.1. The maximum absolute atomic E-state index is 5.72. The van der Waals surface area contributed by atoms with E-state index in [1.165, 1.54) is 5.57 Å². The van der Waals surface area contributed by atoms with Crippen LogP contribution in [0.2, 0.25) is 0 Å². The summed E-state index contributed by atoms with van der Waals surface area (Å²) in [6, 6.07) is 3.68. The molecule has 0 spiro atoms. The minimum absolute atomic E-state index is 0.481. The summed E-state index contributed by atoms with van der Waals surface area (Å²) in [6.07, 6.45) is 11.2. The smallest absolute Gasteiger partial charge is 0.125 e. The van der Waals surface area contributed by atoms with Gasteiger partial charge < -0.3 is 5.73 Å². The molecule has 0 radical (unpaired) electrons. The lowest BCUT2D eigenvalue weighted by Gasteiger charge is -2.01. The molecule has 0 aliphatic heterocycles. The summed E-state index contributed by atoms with van der Waals surface area (Å²) >= 11 is 0. The molecule has 0 bridgehead atoms. The molecular weight excluding hydrogens is 260 g/mol. The molecule has 2 rings (SSSR count). The van der Waals surface area contributed by atoms with Gasteiger partial charge in [-0.15, -0.1) is 0 Å². The fourth-order valence-electron chi connectivity index (χ4n) is 2.12. The van der Waals surface area contributed by atoms with Crippen molar-refractivity contribution >= 4 is 11.9 Å². The Balaban J connectivity index is 2.25. The quantitative estimate of drug-likeness (QED) is 0.823. The maximum Gasteiger partial charge on any atom is 0.125 e. The van der Waals surface area contributed by atoms with Gasteiger partial charge >= 0.3 is 0 Å². The van der Waals surface area contributed by atoms with Gasteiger partial charge in [0, 0.05) is 18.5 Å². The Morgan fingerprint density at radius 2 is 2.24 bits per heavy atom. The molecular formula is C17H20N4. The van der Waals surface area contributed by atoms with Crippen LogP contribution < -0.4 is 5.73 Å². The van der Waals surface area contributed by atoms with Crippen molar-refractivity contribution in [2.24, 2.45) is 0 Å². The summed E-state index contributed by atoms with van der Waals surface area (Å²) in [7, 11) is 0. The summed E-state index contributed by atoms with van der Waals surface area (Å²) in [4.78, 5) is 3.99. The van der Waals surface area contributed by atoms with Gasteiger partial charge in [-0.05, 0) is 37.5 Å². The van der Waals surface area contributed by atoms with E-state index in [1.54, 1.807) is 18.3 Å². The predicted molar refractivity (Wildman–Crippen MR) is 88.1 cm³/mol. The highest BCUT2D eigenvalue weighted by Gasteiger charge is 2.08. The van der Waals surface area contributed by atoms with Crippen molar-refractivity contribution in [3.8, 4) is 5.69 Å². The van der Waals surface area contributed by atoms with E-state index in [-0.39, 0.29) is 0 Å². The average Bonchev–Trinajstić information content (AvgIpc) is 2.89. The van der Waals surface area contributed by atoms with Crippen LogP contribution in [-0.2, 0) is 6.42 Å². The van der Waals surface area contributed by atoms with E-state index >= 15 is 0 Å². The van der Waals surface area contributed by atoms with Gasteiger partial charge in [0.25, 0.3) is 0 Å². The molecule has 0 aliphatic rings. The van der Waals surface area contributed by atoms with Gasteiger partial charge in [0.15, 0.2) is 0 Å². The number of hydrogen-bond acceptors (Lipinski definition) is 3. The molecule has 108 valence electrons. The summed E-state index contributed by atoms with van der Waals surface area (Å²) in [6.45, 7) is 9.65. The minimum atomic E-state index is 0.481. The predicted octanol–water partition coefficient (Wildman–Crippen LogP) is 3.56. The number of aryl methyl sites for hydroxylation is 1. The fraction of sp³-hybridized carbons (Fsp3) is 0.176. The summed E-state index contributed by atoms with van der Waals surface area (Å²) in [5.74, 6) is 0.481.